The molecule has 19 heavy (non-hydrogen) atoms. The molecule has 1 aromatic rings. The Morgan fingerprint density at radius 2 is 2.42 bits per heavy atom. The number of nitrogens with zero attached hydrogens (tertiary/aromatic N) is 1. The lowest BCUT2D eigenvalue weighted by Gasteiger charge is -2.10. The molecule has 5 heteroatoms. The van der Waals surface area contributed by atoms with Crippen molar-refractivity contribution in [1.82, 2.24) is 4.98 Å². The Bertz CT molecular complexity index is 400. The number of rotatable bonds is 6. The van der Waals surface area contributed by atoms with Crippen molar-refractivity contribution >= 4 is 17.4 Å². The van der Waals surface area contributed by atoms with Crippen LogP contribution in [0.3, 0.4) is 0 Å². The van der Waals surface area contributed by atoms with E-state index in [1.54, 1.807) is 12.3 Å². The lowest BCUT2D eigenvalue weighted by Crippen LogP contribution is -2.27. The smallest absolute Gasteiger partial charge is 0.254 e. The molecule has 5 nitrogen and oxygen atoms in total. The lowest BCUT2D eigenvalue weighted by atomic mass is 10.2. The molecule has 0 aromatic carbocycles. The minimum absolute atomic E-state index is 0.100. The molecule has 0 aliphatic carbocycles. The van der Waals surface area contributed by atoms with Gasteiger partial charge in [-0.3, -0.25) is 4.79 Å². The van der Waals surface area contributed by atoms with Crippen LogP contribution in [0.25, 0.3) is 0 Å². The Hall–Kier alpha value is -1.62. The van der Waals surface area contributed by atoms with Crippen molar-refractivity contribution in [3.63, 3.8) is 0 Å². The fraction of sp³-hybridized carbons (Fsp3) is 0.571. The average Bonchev–Trinajstić information content (AvgIpc) is 2.95. The van der Waals surface area contributed by atoms with Gasteiger partial charge < -0.3 is 15.4 Å². The third-order valence-electron chi connectivity index (χ3n) is 3.10. The summed E-state index contributed by atoms with van der Waals surface area (Å²) in [4.78, 5) is 16.0. The zero-order valence-electron chi connectivity index (χ0n) is 11.3. The number of unbranched alkanes of at least 4 members (excludes halogenated alkanes) is 1. The highest BCUT2D eigenvalue weighted by Crippen LogP contribution is 2.15. The van der Waals surface area contributed by atoms with E-state index in [1.807, 2.05) is 6.07 Å². The lowest BCUT2D eigenvalue weighted by molar-refractivity contribution is -0.124. The number of hydrogen-bond acceptors (Lipinski definition) is 4. The van der Waals surface area contributed by atoms with Gasteiger partial charge in [0, 0.05) is 13.2 Å². The number of nitrogens with one attached hydrogen (secondary N) is 2. The van der Waals surface area contributed by atoms with Crippen molar-refractivity contribution in [3.05, 3.63) is 18.3 Å². The molecule has 1 fully saturated rings. The predicted octanol–water partition coefficient (Wildman–Crippen LogP) is 2.41. The van der Waals surface area contributed by atoms with Crippen LogP contribution in [-0.4, -0.2) is 30.1 Å². The van der Waals surface area contributed by atoms with Gasteiger partial charge in [-0.15, -0.1) is 0 Å². The highest BCUT2D eigenvalue weighted by atomic mass is 16.5. The van der Waals surface area contributed by atoms with Gasteiger partial charge in [0.05, 0.1) is 11.9 Å². The molecule has 1 unspecified atom stereocenters. The van der Waals surface area contributed by atoms with E-state index in [4.69, 9.17) is 4.74 Å². The van der Waals surface area contributed by atoms with Gasteiger partial charge in [0.25, 0.3) is 5.91 Å². The molecule has 0 spiro atoms. The molecule has 0 saturated carbocycles. The second kappa shape index (κ2) is 7.09. The van der Waals surface area contributed by atoms with Crippen LogP contribution in [0.2, 0.25) is 0 Å². The molecule has 104 valence electrons. The van der Waals surface area contributed by atoms with Crippen LogP contribution in [0.5, 0.6) is 0 Å². The predicted molar refractivity (Wildman–Crippen MR) is 75.2 cm³/mol. The van der Waals surface area contributed by atoms with Crippen LogP contribution in [0.15, 0.2) is 18.3 Å². The maximum Gasteiger partial charge on any atom is 0.254 e. The Labute approximate surface area is 113 Å². The molecule has 2 heterocycles. The Morgan fingerprint density at radius 3 is 3.05 bits per heavy atom. The molecule has 1 atom stereocenters. The summed E-state index contributed by atoms with van der Waals surface area (Å²) < 4.78 is 5.32. The van der Waals surface area contributed by atoms with Crippen molar-refractivity contribution in [2.45, 2.75) is 38.7 Å². The molecular formula is C14H21N3O2. The van der Waals surface area contributed by atoms with Crippen LogP contribution in [0.1, 0.15) is 32.6 Å². The van der Waals surface area contributed by atoms with E-state index < -0.39 is 0 Å². The van der Waals surface area contributed by atoms with Gasteiger partial charge in [0.1, 0.15) is 11.9 Å². The van der Waals surface area contributed by atoms with Crippen LogP contribution >= 0.6 is 0 Å². The van der Waals surface area contributed by atoms with Crippen molar-refractivity contribution in [1.29, 1.82) is 0 Å². The maximum atomic E-state index is 11.8. The first-order valence-corrected chi connectivity index (χ1v) is 6.92. The molecule has 1 aliphatic heterocycles. The summed E-state index contributed by atoms with van der Waals surface area (Å²) >= 11 is 0. The van der Waals surface area contributed by atoms with Gasteiger partial charge in [-0.05, 0) is 31.4 Å². The molecule has 1 aromatic heterocycles. The zero-order valence-corrected chi connectivity index (χ0v) is 11.3. The van der Waals surface area contributed by atoms with Gasteiger partial charge in [0.15, 0.2) is 0 Å². The van der Waals surface area contributed by atoms with Crippen molar-refractivity contribution in [2.24, 2.45) is 0 Å². The molecule has 1 amide bonds. The molecule has 1 aliphatic rings. The first-order valence-electron chi connectivity index (χ1n) is 6.92. The fourth-order valence-corrected chi connectivity index (χ4v) is 1.97. The highest BCUT2D eigenvalue weighted by molar-refractivity contribution is 5.93. The number of carbonyl (C=O) groups is 1. The molecule has 0 bridgehead atoms. The Morgan fingerprint density at radius 1 is 1.53 bits per heavy atom. The van der Waals surface area contributed by atoms with Gasteiger partial charge in [-0.1, -0.05) is 13.3 Å². The molecule has 2 rings (SSSR count). The third-order valence-corrected chi connectivity index (χ3v) is 3.10. The Kier molecular flexibility index (Phi) is 5.15. The average molecular weight is 263 g/mol. The monoisotopic (exact) mass is 263 g/mol. The van der Waals surface area contributed by atoms with E-state index >= 15 is 0 Å². The molecular weight excluding hydrogens is 242 g/mol. The van der Waals surface area contributed by atoms with E-state index in [1.165, 1.54) is 0 Å². The molecule has 0 radical (unpaired) electrons. The Balaban J connectivity index is 1.82. The van der Waals surface area contributed by atoms with Crippen LogP contribution < -0.4 is 10.6 Å². The minimum atomic E-state index is -0.316. The summed E-state index contributed by atoms with van der Waals surface area (Å²) in [6.45, 7) is 3.77. The van der Waals surface area contributed by atoms with E-state index in [2.05, 4.69) is 22.5 Å². The topological polar surface area (TPSA) is 63.2 Å². The zero-order chi connectivity index (χ0) is 13.5. The maximum absolute atomic E-state index is 11.8. The fourth-order valence-electron chi connectivity index (χ4n) is 1.97. The summed E-state index contributed by atoms with van der Waals surface area (Å²) in [5.74, 6) is 0.471. The second-order valence-corrected chi connectivity index (χ2v) is 4.70. The van der Waals surface area contributed by atoms with Crippen LogP contribution in [0, 0.1) is 0 Å². The quantitative estimate of drug-likeness (QED) is 0.774. The SMILES string of the molecule is CCCCNc1ccc(NC(=O)C2CCCO2)nc1. The van der Waals surface area contributed by atoms with Gasteiger partial charge in [-0.2, -0.15) is 0 Å². The number of hydrogen-bond donors (Lipinski definition) is 2. The summed E-state index contributed by atoms with van der Waals surface area (Å²) in [7, 11) is 0. The van der Waals surface area contributed by atoms with Crippen LogP contribution in [0.4, 0.5) is 11.5 Å². The minimum Gasteiger partial charge on any atom is -0.384 e. The van der Waals surface area contributed by atoms with E-state index in [0.29, 0.717) is 12.4 Å². The molecule has 1 saturated heterocycles. The number of aromatic nitrogens is 1. The van der Waals surface area contributed by atoms with E-state index in [0.717, 1.165) is 37.9 Å². The van der Waals surface area contributed by atoms with Gasteiger partial charge in [0.2, 0.25) is 0 Å². The van der Waals surface area contributed by atoms with Gasteiger partial charge >= 0.3 is 0 Å². The summed E-state index contributed by atoms with van der Waals surface area (Å²) in [6, 6.07) is 3.73. The third kappa shape index (κ3) is 4.21. The van der Waals surface area contributed by atoms with Crippen molar-refractivity contribution < 1.29 is 9.53 Å². The highest BCUT2D eigenvalue weighted by Gasteiger charge is 2.23. The standard InChI is InChI=1S/C14H21N3O2/c1-2-3-8-15-11-6-7-13(16-10-11)17-14(18)12-5-4-9-19-12/h6-7,10,12,15H,2-5,8-9H2,1H3,(H,16,17,18). The van der Waals surface area contributed by atoms with Crippen LogP contribution in [-0.2, 0) is 9.53 Å². The van der Waals surface area contributed by atoms with Gasteiger partial charge in [-0.25, -0.2) is 4.98 Å². The second-order valence-electron chi connectivity index (χ2n) is 4.70. The summed E-state index contributed by atoms with van der Waals surface area (Å²) in [5.41, 5.74) is 0.976. The normalized spacial score (nSPS) is 18.3. The number of amides is 1. The number of anilines is 2. The van der Waals surface area contributed by atoms with Crippen molar-refractivity contribution in [3.8, 4) is 0 Å². The summed E-state index contributed by atoms with van der Waals surface area (Å²) in [6.07, 6.45) is 5.46. The number of ether oxygens (including phenoxy) is 1. The summed E-state index contributed by atoms with van der Waals surface area (Å²) in [5, 5.41) is 6.06. The number of pyridine rings is 1. The molecule has 2 N–H and O–H groups in total. The van der Waals surface area contributed by atoms with Crippen molar-refractivity contribution in [2.75, 3.05) is 23.8 Å². The first kappa shape index (κ1) is 13.8. The largest absolute Gasteiger partial charge is 0.384 e. The first-order chi connectivity index (χ1) is 9.29. The number of carbonyl (C=O) groups excluding carboxylic acids is 1. The van der Waals surface area contributed by atoms with E-state index in [9.17, 15) is 4.79 Å². The van der Waals surface area contributed by atoms with E-state index in [-0.39, 0.29) is 12.0 Å².